The van der Waals surface area contributed by atoms with E-state index in [9.17, 15) is 4.79 Å². The molecule has 2 aromatic carbocycles. The van der Waals surface area contributed by atoms with Crippen molar-refractivity contribution in [2.24, 2.45) is 5.41 Å². The Hall–Kier alpha value is -3.61. The van der Waals surface area contributed by atoms with Crippen molar-refractivity contribution in [1.82, 2.24) is 9.97 Å². The van der Waals surface area contributed by atoms with Gasteiger partial charge in [-0.2, -0.15) is 4.98 Å². The van der Waals surface area contributed by atoms with Crippen molar-refractivity contribution in [2.75, 3.05) is 29.7 Å². The Morgan fingerprint density at radius 1 is 0.971 bits per heavy atom. The van der Waals surface area contributed by atoms with Crippen molar-refractivity contribution < 1.29 is 9.53 Å². The minimum atomic E-state index is -0.245. The number of anilines is 4. The molecule has 2 N–H and O–H groups in total. The lowest BCUT2D eigenvalue weighted by Gasteiger charge is -2.34. The van der Waals surface area contributed by atoms with Gasteiger partial charge < -0.3 is 20.3 Å². The summed E-state index contributed by atoms with van der Waals surface area (Å²) in [4.78, 5) is 24.2. The standard InChI is InChI=1S/C27H35N5O2/c1-26(2,3)18-27(4,5)31-23-17-22(24(33)32(6)20-13-9-8-10-14-20)29-25(30-23)28-19-12-11-15-21(16-19)34-7/h8-17H,18H2,1-7H3,(H2,28,29,30,31). The number of carbonyl (C=O) groups is 1. The molecule has 0 spiro atoms. The van der Waals surface area contributed by atoms with Crippen LogP contribution in [0.3, 0.4) is 0 Å². The molecule has 180 valence electrons. The maximum atomic E-state index is 13.4. The second kappa shape index (κ2) is 10.1. The van der Waals surface area contributed by atoms with Gasteiger partial charge in [0.2, 0.25) is 5.95 Å². The molecule has 0 aliphatic heterocycles. The van der Waals surface area contributed by atoms with Crippen LogP contribution in [0.1, 0.15) is 51.5 Å². The van der Waals surface area contributed by atoms with Gasteiger partial charge in [0.15, 0.2) is 0 Å². The van der Waals surface area contributed by atoms with E-state index in [0.717, 1.165) is 17.8 Å². The third kappa shape index (κ3) is 6.94. The van der Waals surface area contributed by atoms with E-state index >= 15 is 0 Å². The molecule has 0 radical (unpaired) electrons. The summed E-state index contributed by atoms with van der Waals surface area (Å²) in [5.41, 5.74) is 1.72. The van der Waals surface area contributed by atoms with Gasteiger partial charge in [0, 0.05) is 36.1 Å². The Kier molecular flexibility index (Phi) is 7.44. The lowest BCUT2D eigenvalue weighted by Crippen LogP contribution is -2.36. The molecule has 7 nitrogen and oxygen atoms in total. The first-order chi connectivity index (χ1) is 16.0. The molecule has 3 rings (SSSR count). The van der Waals surface area contributed by atoms with Crippen LogP contribution in [0.15, 0.2) is 60.7 Å². The molecule has 0 saturated carbocycles. The van der Waals surface area contributed by atoms with E-state index < -0.39 is 0 Å². The normalized spacial score (nSPS) is 11.6. The highest BCUT2D eigenvalue weighted by molar-refractivity contribution is 6.05. The van der Waals surface area contributed by atoms with Gasteiger partial charge in [0.1, 0.15) is 17.3 Å². The van der Waals surface area contributed by atoms with E-state index in [-0.39, 0.29) is 16.9 Å². The fourth-order valence-electron chi connectivity index (χ4n) is 4.16. The van der Waals surface area contributed by atoms with Crippen molar-refractivity contribution in [3.8, 4) is 5.75 Å². The zero-order chi connectivity index (χ0) is 24.9. The number of hydrogen-bond donors (Lipinski definition) is 2. The highest BCUT2D eigenvalue weighted by Crippen LogP contribution is 2.30. The Bertz CT molecular complexity index is 1120. The van der Waals surface area contributed by atoms with Crippen LogP contribution in [-0.2, 0) is 0 Å². The second-order valence-electron chi connectivity index (χ2n) is 10.3. The first kappa shape index (κ1) is 25.0. The Balaban J connectivity index is 1.97. The van der Waals surface area contributed by atoms with Gasteiger partial charge in [-0.1, -0.05) is 45.0 Å². The first-order valence-corrected chi connectivity index (χ1v) is 11.4. The number of nitrogens with zero attached hydrogens (tertiary/aromatic N) is 3. The monoisotopic (exact) mass is 461 g/mol. The fourth-order valence-corrected chi connectivity index (χ4v) is 4.16. The summed E-state index contributed by atoms with van der Waals surface area (Å²) in [7, 11) is 3.36. The largest absolute Gasteiger partial charge is 0.497 e. The highest BCUT2D eigenvalue weighted by Gasteiger charge is 2.27. The average Bonchev–Trinajstić information content (AvgIpc) is 2.76. The van der Waals surface area contributed by atoms with Gasteiger partial charge in [-0.05, 0) is 49.9 Å². The van der Waals surface area contributed by atoms with E-state index in [2.05, 4.69) is 55.2 Å². The summed E-state index contributed by atoms with van der Waals surface area (Å²) in [5.74, 6) is 1.40. The van der Waals surface area contributed by atoms with Gasteiger partial charge in [-0.15, -0.1) is 0 Å². The summed E-state index contributed by atoms with van der Waals surface area (Å²) in [6, 6.07) is 18.7. The summed E-state index contributed by atoms with van der Waals surface area (Å²) in [6.45, 7) is 10.9. The zero-order valence-corrected chi connectivity index (χ0v) is 21.1. The molecule has 7 heteroatoms. The number of nitrogens with one attached hydrogen (secondary N) is 2. The number of amides is 1. The molecule has 34 heavy (non-hydrogen) atoms. The molecule has 1 amide bonds. The van der Waals surface area contributed by atoms with Crippen molar-refractivity contribution in [3.05, 3.63) is 66.4 Å². The van der Waals surface area contributed by atoms with Gasteiger partial charge >= 0.3 is 0 Å². The molecule has 1 aromatic heterocycles. The van der Waals surface area contributed by atoms with Crippen LogP contribution in [-0.4, -0.2) is 35.6 Å². The van der Waals surface area contributed by atoms with Gasteiger partial charge in [-0.3, -0.25) is 4.79 Å². The van der Waals surface area contributed by atoms with Crippen LogP contribution in [0, 0.1) is 5.41 Å². The number of para-hydroxylation sites is 1. The molecule has 0 bridgehead atoms. The third-order valence-corrected chi connectivity index (χ3v) is 5.16. The maximum absolute atomic E-state index is 13.4. The second-order valence-corrected chi connectivity index (χ2v) is 10.3. The fraction of sp³-hybridized carbons (Fsp3) is 0.370. The number of hydrogen-bond acceptors (Lipinski definition) is 6. The van der Waals surface area contributed by atoms with Crippen molar-refractivity contribution in [2.45, 2.75) is 46.6 Å². The smallest absolute Gasteiger partial charge is 0.276 e. The van der Waals surface area contributed by atoms with Gasteiger partial charge in [0.05, 0.1) is 7.11 Å². The van der Waals surface area contributed by atoms with Gasteiger partial charge in [-0.25, -0.2) is 4.98 Å². The summed E-state index contributed by atoms with van der Waals surface area (Å²) >= 11 is 0. The molecule has 0 fully saturated rings. The Morgan fingerprint density at radius 3 is 2.32 bits per heavy atom. The third-order valence-electron chi connectivity index (χ3n) is 5.16. The molecule has 0 unspecified atom stereocenters. The molecular formula is C27H35N5O2. The lowest BCUT2D eigenvalue weighted by molar-refractivity contribution is 0.0988. The van der Waals surface area contributed by atoms with Crippen LogP contribution >= 0.6 is 0 Å². The predicted molar refractivity (Wildman–Crippen MR) is 139 cm³/mol. The Labute approximate surface area is 202 Å². The van der Waals surface area contributed by atoms with Crippen LogP contribution in [0.2, 0.25) is 0 Å². The number of rotatable bonds is 8. The van der Waals surface area contributed by atoms with Gasteiger partial charge in [0.25, 0.3) is 5.91 Å². The van der Waals surface area contributed by atoms with E-state index in [1.54, 1.807) is 25.1 Å². The summed E-state index contributed by atoms with van der Waals surface area (Å²) in [6.07, 6.45) is 0.913. The highest BCUT2D eigenvalue weighted by atomic mass is 16.5. The van der Waals surface area contributed by atoms with E-state index in [1.165, 1.54) is 0 Å². The van der Waals surface area contributed by atoms with Crippen molar-refractivity contribution in [1.29, 1.82) is 0 Å². The number of aromatic nitrogens is 2. The molecular weight excluding hydrogens is 426 g/mol. The topological polar surface area (TPSA) is 79.4 Å². The van der Waals surface area contributed by atoms with Crippen LogP contribution in [0.25, 0.3) is 0 Å². The van der Waals surface area contributed by atoms with Crippen LogP contribution < -0.4 is 20.3 Å². The van der Waals surface area contributed by atoms with Crippen molar-refractivity contribution >= 4 is 29.0 Å². The maximum Gasteiger partial charge on any atom is 0.276 e. The van der Waals surface area contributed by atoms with E-state index in [4.69, 9.17) is 4.74 Å². The lowest BCUT2D eigenvalue weighted by atomic mass is 9.82. The Morgan fingerprint density at radius 2 is 1.68 bits per heavy atom. The predicted octanol–water partition coefficient (Wildman–Crippen LogP) is 6.13. The molecule has 0 saturated heterocycles. The molecule has 0 aliphatic rings. The number of methoxy groups -OCH3 is 1. The van der Waals surface area contributed by atoms with Crippen LogP contribution in [0.4, 0.5) is 23.1 Å². The van der Waals surface area contributed by atoms with E-state index in [1.807, 2.05) is 54.6 Å². The minimum absolute atomic E-state index is 0.122. The molecule has 0 atom stereocenters. The summed E-state index contributed by atoms with van der Waals surface area (Å²) < 4.78 is 5.32. The van der Waals surface area contributed by atoms with Crippen molar-refractivity contribution in [3.63, 3.8) is 0 Å². The zero-order valence-electron chi connectivity index (χ0n) is 21.1. The number of ether oxygens (including phenoxy) is 1. The number of carbonyl (C=O) groups excluding carboxylic acids is 1. The quantitative estimate of drug-likeness (QED) is 0.420. The molecule has 0 aliphatic carbocycles. The summed E-state index contributed by atoms with van der Waals surface area (Å²) in [5, 5.41) is 6.73. The van der Waals surface area contributed by atoms with E-state index in [0.29, 0.717) is 23.2 Å². The molecule has 3 aromatic rings. The molecule has 1 heterocycles. The first-order valence-electron chi connectivity index (χ1n) is 11.4. The SMILES string of the molecule is COc1cccc(Nc2nc(NC(C)(C)CC(C)(C)C)cc(C(=O)N(C)c3ccccc3)n2)c1. The minimum Gasteiger partial charge on any atom is -0.497 e. The average molecular weight is 462 g/mol. The number of benzene rings is 2. The van der Waals surface area contributed by atoms with Crippen LogP contribution in [0.5, 0.6) is 5.75 Å².